The summed E-state index contributed by atoms with van der Waals surface area (Å²) in [5.74, 6) is 0.678. The van der Waals surface area contributed by atoms with Gasteiger partial charge in [0.2, 0.25) is 5.88 Å². The molecule has 2 rings (SSSR count). The molecule has 1 aromatic rings. The van der Waals surface area contributed by atoms with Crippen molar-refractivity contribution in [2.24, 2.45) is 0 Å². The molecule has 0 spiro atoms. The molecule has 1 aromatic heterocycles. The Hall–Kier alpha value is -0.850. The van der Waals surface area contributed by atoms with E-state index in [1.807, 2.05) is 19.0 Å². The van der Waals surface area contributed by atoms with Crippen molar-refractivity contribution in [2.45, 2.75) is 31.4 Å². The van der Waals surface area contributed by atoms with Crippen molar-refractivity contribution in [1.29, 1.82) is 0 Å². The van der Waals surface area contributed by atoms with E-state index in [1.54, 1.807) is 18.4 Å². The first-order valence-corrected chi connectivity index (χ1v) is 7.00. The maximum atomic E-state index is 9.99. The number of methoxy groups -OCH3 is 1. The first-order valence-electron chi connectivity index (χ1n) is 6.18. The Morgan fingerprint density at radius 3 is 2.72 bits per heavy atom. The summed E-state index contributed by atoms with van der Waals surface area (Å²) >= 11 is 1.61. The fraction of sp³-hybridized carbons (Fsp3) is 0.750. The van der Waals surface area contributed by atoms with Gasteiger partial charge in [0.25, 0.3) is 0 Å². The van der Waals surface area contributed by atoms with Crippen LogP contribution in [0.5, 0.6) is 5.88 Å². The molecule has 0 radical (unpaired) electrons. The molecule has 0 aromatic carbocycles. The zero-order valence-corrected chi connectivity index (χ0v) is 12.0. The van der Waals surface area contributed by atoms with E-state index in [4.69, 9.17) is 4.74 Å². The second-order valence-electron chi connectivity index (χ2n) is 5.00. The minimum absolute atomic E-state index is 0.484. The molecule has 1 aliphatic carbocycles. The number of hydrogen-bond donors (Lipinski definition) is 2. The van der Waals surface area contributed by atoms with Crippen LogP contribution >= 0.6 is 11.3 Å². The minimum Gasteiger partial charge on any atom is -0.480 e. The molecule has 0 unspecified atom stereocenters. The molecule has 0 saturated heterocycles. The van der Waals surface area contributed by atoms with Crippen molar-refractivity contribution in [3.63, 3.8) is 0 Å². The fourth-order valence-electron chi connectivity index (χ4n) is 1.96. The highest BCUT2D eigenvalue weighted by Crippen LogP contribution is 2.32. The molecule has 0 aliphatic heterocycles. The van der Waals surface area contributed by atoms with Gasteiger partial charge in [-0.3, -0.25) is 0 Å². The maximum absolute atomic E-state index is 9.99. The third-order valence-electron chi connectivity index (χ3n) is 3.25. The van der Waals surface area contributed by atoms with Crippen molar-refractivity contribution >= 4 is 16.5 Å². The van der Waals surface area contributed by atoms with Gasteiger partial charge in [0.15, 0.2) is 5.13 Å². The number of nitrogens with zero attached hydrogens (tertiary/aromatic N) is 2. The number of aliphatic hydroxyl groups is 1. The summed E-state index contributed by atoms with van der Waals surface area (Å²) in [7, 11) is 5.57. The molecule has 1 heterocycles. The molecule has 0 bridgehead atoms. The van der Waals surface area contributed by atoms with E-state index in [2.05, 4.69) is 10.3 Å². The lowest BCUT2D eigenvalue weighted by Gasteiger charge is -2.36. The highest BCUT2D eigenvalue weighted by molar-refractivity contribution is 7.15. The third kappa shape index (κ3) is 2.93. The molecule has 0 amide bonds. The van der Waals surface area contributed by atoms with Crippen LogP contribution in [0, 0.1) is 0 Å². The summed E-state index contributed by atoms with van der Waals surface area (Å²) in [5, 5.41) is 14.2. The second-order valence-corrected chi connectivity index (χ2v) is 6.07. The number of rotatable bonds is 6. The maximum Gasteiger partial charge on any atom is 0.230 e. The standard InChI is InChI=1S/C12H21N3O2S/c1-15(2)11-14-10(17-3)9(18-11)7-13-8-12(16)5-4-6-12/h13,16H,4-8H2,1-3H3. The van der Waals surface area contributed by atoms with Gasteiger partial charge >= 0.3 is 0 Å². The van der Waals surface area contributed by atoms with Crippen molar-refractivity contribution in [1.82, 2.24) is 10.3 Å². The summed E-state index contributed by atoms with van der Waals surface area (Å²) in [5.41, 5.74) is -0.484. The number of thiazole rings is 1. The zero-order chi connectivity index (χ0) is 13.2. The van der Waals surface area contributed by atoms with Gasteiger partial charge in [-0.15, -0.1) is 0 Å². The van der Waals surface area contributed by atoms with Gasteiger partial charge in [0.1, 0.15) is 0 Å². The minimum atomic E-state index is -0.484. The molecule has 1 aliphatic rings. The molecule has 5 nitrogen and oxygen atoms in total. The Balaban J connectivity index is 1.91. The first-order chi connectivity index (χ1) is 8.54. The number of nitrogens with one attached hydrogen (secondary N) is 1. The number of ether oxygens (including phenoxy) is 1. The number of anilines is 1. The van der Waals surface area contributed by atoms with E-state index >= 15 is 0 Å². The van der Waals surface area contributed by atoms with Crippen molar-refractivity contribution < 1.29 is 9.84 Å². The van der Waals surface area contributed by atoms with Crippen LogP contribution in [0.15, 0.2) is 0 Å². The Labute approximate surface area is 112 Å². The average molecular weight is 271 g/mol. The van der Waals surface area contributed by atoms with Gasteiger partial charge in [-0.1, -0.05) is 11.3 Å². The normalized spacial score (nSPS) is 17.3. The molecule has 18 heavy (non-hydrogen) atoms. The van der Waals surface area contributed by atoms with Crippen LogP contribution in [-0.2, 0) is 6.54 Å². The predicted octanol–water partition coefficient (Wildman–Crippen LogP) is 1.22. The van der Waals surface area contributed by atoms with Gasteiger partial charge in [-0.2, -0.15) is 4.98 Å². The molecule has 1 fully saturated rings. The Kier molecular flexibility index (Phi) is 4.09. The molecular formula is C12H21N3O2S. The van der Waals surface area contributed by atoms with Gasteiger partial charge in [-0.05, 0) is 19.3 Å². The summed E-state index contributed by atoms with van der Waals surface area (Å²) in [6, 6.07) is 0. The summed E-state index contributed by atoms with van der Waals surface area (Å²) in [4.78, 5) is 7.44. The lowest BCUT2D eigenvalue weighted by Crippen LogP contribution is -2.45. The molecule has 102 valence electrons. The van der Waals surface area contributed by atoms with Crippen LogP contribution in [0.4, 0.5) is 5.13 Å². The van der Waals surface area contributed by atoms with E-state index in [9.17, 15) is 5.11 Å². The predicted molar refractivity (Wildman–Crippen MR) is 73.5 cm³/mol. The average Bonchev–Trinajstić information content (AvgIpc) is 2.70. The quantitative estimate of drug-likeness (QED) is 0.815. The SMILES string of the molecule is COc1nc(N(C)C)sc1CNCC1(O)CCC1. The van der Waals surface area contributed by atoms with E-state index in [0.717, 1.165) is 29.3 Å². The second kappa shape index (κ2) is 5.42. The fourth-order valence-corrected chi connectivity index (χ4v) is 2.88. The molecule has 2 N–H and O–H groups in total. The van der Waals surface area contributed by atoms with Crippen molar-refractivity contribution in [3.05, 3.63) is 4.88 Å². The smallest absolute Gasteiger partial charge is 0.230 e. The zero-order valence-electron chi connectivity index (χ0n) is 11.2. The van der Waals surface area contributed by atoms with E-state index < -0.39 is 5.60 Å². The molecule has 6 heteroatoms. The topological polar surface area (TPSA) is 57.6 Å². The monoisotopic (exact) mass is 271 g/mol. The van der Waals surface area contributed by atoms with Crippen LogP contribution in [0.1, 0.15) is 24.1 Å². The van der Waals surface area contributed by atoms with Crippen molar-refractivity contribution in [2.75, 3.05) is 32.6 Å². The summed E-state index contributed by atoms with van der Waals surface area (Å²) in [6.45, 7) is 1.34. The number of aromatic nitrogens is 1. The highest BCUT2D eigenvalue weighted by atomic mass is 32.1. The van der Waals surface area contributed by atoms with Crippen LogP contribution < -0.4 is 15.0 Å². The molecular weight excluding hydrogens is 250 g/mol. The third-order valence-corrected chi connectivity index (χ3v) is 4.45. The van der Waals surface area contributed by atoms with Gasteiger partial charge in [0, 0.05) is 27.2 Å². The molecule has 1 saturated carbocycles. The van der Waals surface area contributed by atoms with Gasteiger partial charge in [0.05, 0.1) is 17.6 Å². The Morgan fingerprint density at radius 2 is 2.22 bits per heavy atom. The van der Waals surface area contributed by atoms with Crippen LogP contribution in [-0.4, -0.2) is 43.4 Å². The van der Waals surface area contributed by atoms with E-state index in [-0.39, 0.29) is 0 Å². The van der Waals surface area contributed by atoms with Gasteiger partial charge in [-0.25, -0.2) is 0 Å². The van der Waals surface area contributed by atoms with E-state index in [1.165, 1.54) is 0 Å². The lowest BCUT2D eigenvalue weighted by molar-refractivity contribution is -0.0314. The molecule has 0 atom stereocenters. The van der Waals surface area contributed by atoms with Crippen LogP contribution in [0.25, 0.3) is 0 Å². The van der Waals surface area contributed by atoms with Crippen LogP contribution in [0.2, 0.25) is 0 Å². The number of hydrogen-bond acceptors (Lipinski definition) is 6. The van der Waals surface area contributed by atoms with Crippen LogP contribution in [0.3, 0.4) is 0 Å². The lowest BCUT2D eigenvalue weighted by atomic mass is 9.80. The Morgan fingerprint density at radius 1 is 1.50 bits per heavy atom. The van der Waals surface area contributed by atoms with Crippen molar-refractivity contribution in [3.8, 4) is 5.88 Å². The van der Waals surface area contributed by atoms with E-state index in [0.29, 0.717) is 19.0 Å². The Bertz CT molecular complexity index is 402. The largest absolute Gasteiger partial charge is 0.480 e. The first kappa shape index (κ1) is 13.6. The summed E-state index contributed by atoms with van der Waals surface area (Å²) < 4.78 is 5.27. The van der Waals surface area contributed by atoms with Gasteiger partial charge < -0.3 is 20.1 Å². The highest BCUT2D eigenvalue weighted by Gasteiger charge is 2.33. The summed E-state index contributed by atoms with van der Waals surface area (Å²) in [6.07, 6.45) is 2.94.